The van der Waals surface area contributed by atoms with Crippen molar-refractivity contribution in [1.82, 2.24) is 10.5 Å². The first-order valence-electron chi connectivity index (χ1n) is 9.63. The molecule has 0 bridgehead atoms. The van der Waals surface area contributed by atoms with Crippen LogP contribution in [0.5, 0.6) is 11.5 Å². The maximum Gasteiger partial charge on any atom is 0.264 e. The van der Waals surface area contributed by atoms with Gasteiger partial charge in [-0.2, -0.15) is 0 Å². The maximum absolute atomic E-state index is 12.4. The minimum atomic E-state index is -0.644. The number of carbonyl (C=O) groups is 1. The maximum atomic E-state index is 12.4. The fraction of sp³-hybridized carbons (Fsp3) is 0.227. The number of amides is 1. The Bertz CT molecular complexity index is 1090. The molecule has 152 valence electrons. The molecule has 0 unspecified atom stereocenters. The molecular formula is C22H19N3O5. The van der Waals surface area contributed by atoms with Gasteiger partial charge in [0.25, 0.3) is 5.91 Å². The van der Waals surface area contributed by atoms with Crippen LogP contribution in [0.1, 0.15) is 17.7 Å². The van der Waals surface area contributed by atoms with Crippen molar-refractivity contribution in [3.63, 3.8) is 0 Å². The number of rotatable bonds is 6. The largest absolute Gasteiger partial charge is 0.454 e. The molecule has 0 saturated heterocycles. The minimum absolute atomic E-state index is 0.233. The molecule has 2 aliphatic heterocycles. The Balaban J connectivity index is 1.13. The number of oxime groups is 1. The third-order valence-corrected chi connectivity index (χ3v) is 4.93. The van der Waals surface area contributed by atoms with E-state index >= 15 is 0 Å². The Morgan fingerprint density at radius 2 is 1.93 bits per heavy atom. The summed E-state index contributed by atoms with van der Waals surface area (Å²) in [6.45, 7) is 0.496. The summed E-state index contributed by atoms with van der Waals surface area (Å²) in [7, 11) is 0. The van der Waals surface area contributed by atoms with Gasteiger partial charge >= 0.3 is 0 Å². The van der Waals surface area contributed by atoms with Gasteiger partial charge in [-0.05, 0) is 17.7 Å². The molecule has 1 aromatic heterocycles. The summed E-state index contributed by atoms with van der Waals surface area (Å²) >= 11 is 0. The van der Waals surface area contributed by atoms with Crippen molar-refractivity contribution in [2.24, 2.45) is 5.16 Å². The van der Waals surface area contributed by atoms with Gasteiger partial charge in [0, 0.05) is 24.5 Å². The van der Waals surface area contributed by atoms with E-state index in [1.807, 2.05) is 54.6 Å². The van der Waals surface area contributed by atoms with E-state index < -0.39 is 6.10 Å². The van der Waals surface area contributed by atoms with Crippen LogP contribution in [0.4, 0.5) is 0 Å². The average Bonchev–Trinajstić information content (AvgIpc) is 3.53. The summed E-state index contributed by atoms with van der Waals surface area (Å²) in [5.74, 6) is 1.89. The second kappa shape index (κ2) is 7.90. The molecular weight excluding hydrogens is 386 g/mol. The molecule has 2 aromatic carbocycles. The number of carbonyl (C=O) groups excluding carboxylic acids is 1. The third kappa shape index (κ3) is 3.84. The highest BCUT2D eigenvalue weighted by atomic mass is 16.7. The van der Waals surface area contributed by atoms with E-state index in [0.717, 1.165) is 28.3 Å². The van der Waals surface area contributed by atoms with Crippen LogP contribution in [0.2, 0.25) is 0 Å². The molecule has 2 aliphatic rings. The molecule has 5 rings (SSSR count). The van der Waals surface area contributed by atoms with Gasteiger partial charge in [0.1, 0.15) is 5.69 Å². The highest BCUT2D eigenvalue weighted by Gasteiger charge is 2.28. The minimum Gasteiger partial charge on any atom is -0.454 e. The Hall–Kier alpha value is -3.81. The lowest BCUT2D eigenvalue weighted by molar-refractivity contribution is -0.131. The number of hydrogen-bond donors (Lipinski definition) is 1. The van der Waals surface area contributed by atoms with Crippen LogP contribution in [0.3, 0.4) is 0 Å². The Morgan fingerprint density at radius 3 is 2.83 bits per heavy atom. The average molecular weight is 405 g/mol. The quantitative estimate of drug-likeness (QED) is 0.677. The van der Waals surface area contributed by atoms with Crippen LogP contribution < -0.4 is 14.8 Å². The van der Waals surface area contributed by atoms with Gasteiger partial charge in [-0.25, -0.2) is 0 Å². The van der Waals surface area contributed by atoms with Crippen LogP contribution in [0.25, 0.3) is 11.3 Å². The molecule has 1 amide bonds. The molecule has 0 spiro atoms. The molecule has 8 heteroatoms. The first-order valence-corrected chi connectivity index (χ1v) is 9.63. The van der Waals surface area contributed by atoms with E-state index in [0.29, 0.717) is 24.3 Å². The van der Waals surface area contributed by atoms with Crippen molar-refractivity contribution in [3.8, 4) is 22.8 Å². The second-order valence-electron chi connectivity index (χ2n) is 7.09. The molecule has 1 atom stereocenters. The van der Waals surface area contributed by atoms with E-state index in [1.54, 1.807) is 0 Å². The SMILES string of the molecule is O=C(NCc1cc(-c2ccccc2)on1)[C@@H]1CC(Cc2ccc3c(c2)OCO3)=NO1. The zero-order chi connectivity index (χ0) is 20.3. The highest BCUT2D eigenvalue weighted by molar-refractivity contribution is 5.94. The van der Waals surface area contributed by atoms with E-state index in [9.17, 15) is 4.79 Å². The lowest BCUT2D eigenvalue weighted by Gasteiger charge is -2.08. The van der Waals surface area contributed by atoms with Crippen LogP contribution in [0, 0.1) is 0 Å². The fourth-order valence-corrected chi connectivity index (χ4v) is 3.38. The van der Waals surface area contributed by atoms with Gasteiger partial charge in [-0.3, -0.25) is 4.79 Å². The van der Waals surface area contributed by atoms with Crippen LogP contribution in [-0.4, -0.2) is 29.7 Å². The molecule has 3 aromatic rings. The number of benzene rings is 2. The fourth-order valence-electron chi connectivity index (χ4n) is 3.38. The Labute approximate surface area is 172 Å². The summed E-state index contributed by atoms with van der Waals surface area (Å²) in [5, 5.41) is 10.9. The number of nitrogens with zero attached hydrogens (tertiary/aromatic N) is 2. The van der Waals surface area contributed by atoms with Crippen LogP contribution >= 0.6 is 0 Å². The zero-order valence-corrected chi connectivity index (χ0v) is 16.0. The highest BCUT2D eigenvalue weighted by Crippen LogP contribution is 2.33. The molecule has 30 heavy (non-hydrogen) atoms. The van der Waals surface area contributed by atoms with Crippen molar-refractivity contribution in [2.45, 2.75) is 25.5 Å². The van der Waals surface area contributed by atoms with Crippen LogP contribution in [0.15, 0.2) is 64.3 Å². The number of fused-ring (bicyclic) bond motifs is 1. The summed E-state index contributed by atoms with van der Waals surface area (Å²) in [6.07, 6.45) is 0.382. The second-order valence-corrected chi connectivity index (χ2v) is 7.09. The Morgan fingerprint density at radius 1 is 1.07 bits per heavy atom. The smallest absolute Gasteiger partial charge is 0.264 e. The van der Waals surface area contributed by atoms with Gasteiger partial charge in [-0.15, -0.1) is 0 Å². The normalized spacial score (nSPS) is 16.8. The monoisotopic (exact) mass is 405 g/mol. The molecule has 0 aliphatic carbocycles. The van der Waals surface area contributed by atoms with Gasteiger partial charge < -0.3 is 24.2 Å². The van der Waals surface area contributed by atoms with E-state index in [-0.39, 0.29) is 19.2 Å². The summed E-state index contributed by atoms with van der Waals surface area (Å²) in [6, 6.07) is 17.2. The van der Waals surface area contributed by atoms with Crippen molar-refractivity contribution in [1.29, 1.82) is 0 Å². The molecule has 3 heterocycles. The van der Waals surface area contributed by atoms with Crippen molar-refractivity contribution in [2.75, 3.05) is 6.79 Å². The number of aromatic nitrogens is 1. The third-order valence-electron chi connectivity index (χ3n) is 4.93. The van der Waals surface area contributed by atoms with E-state index in [1.165, 1.54) is 0 Å². The molecule has 0 saturated carbocycles. The van der Waals surface area contributed by atoms with Crippen LogP contribution in [-0.2, 0) is 22.6 Å². The first kappa shape index (κ1) is 18.2. The van der Waals surface area contributed by atoms with Crippen molar-refractivity contribution in [3.05, 3.63) is 65.9 Å². The van der Waals surface area contributed by atoms with Gasteiger partial charge in [0.05, 0.1) is 12.3 Å². The predicted molar refractivity (Wildman–Crippen MR) is 107 cm³/mol. The zero-order valence-electron chi connectivity index (χ0n) is 16.0. The summed E-state index contributed by atoms with van der Waals surface area (Å²) in [5.41, 5.74) is 3.41. The first-order chi connectivity index (χ1) is 14.7. The van der Waals surface area contributed by atoms with Crippen molar-refractivity contribution >= 4 is 11.6 Å². The molecule has 0 fully saturated rings. The summed E-state index contributed by atoms with van der Waals surface area (Å²) in [4.78, 5) is 17.8. The topological polar surface area (TPSA) is 95.2 Å². The number of ether oxygens (including phenoxy) is 2. The lowest BCUT2D eigenvalue weighted by Crippen LogP contribution is -2.34. The van der Waals surface area contributed by atoms with E-state index in [2.05, 4.69) is 15.6 Å². The van der Waals surface area contributed by atoms with Crippen molar-refractivity contribution < 1.29 is 23.6 Å². The summed E-state index contributed by atoms with van der Waals surface area (Å²) < 4.78 is 16.1. The molecule has 8 nitrogen and oxygen atoms in total. The molecule has 0 radical (unpaired) electrons. The lowest BCUT2D eigenvalue weighted by atomic mass is 10.0. The predicted octanol–water partition coefficient (Wildman–Crippen LogP) is 3.07. The Kier molecular flexibility index (Phi) is 4.80. The van der Waals surface area contributed by atoms with Gasteiger partial charge in [0.15, 0.2) is 17.3 Å². The standard InChI is InChI=1S/C22H19N3O5/c26-22(23-12-17-11-19(29-25-17)15-4-2-1-3-5-15)21-10-16(24-30-21)8-14-6-7-18-20(9-14)28-13-27-18/h1-7,9,11,21H,8,10,12-13H2,(H,23,26)/t21-/m0/s1. The van der Waals surface area contributed by atoms with E-state index in [4.69, 9.17) is 18.8 Å². The number of nitrogens with one attached hydrogen (secondary N) is 1. The molecule has 1 N–H and O–H groups in total. The van der Waals surface area contributed by atoms with Gasteiger partial charge in [0.2, 0.25) is 12.9 Å². The number of hydrogen-bond acceptors (Lipinski definition) is 7. The van der Waals surface area contributed by atoms with Gasteiger partial charge in [-0.1, -0.05) is 46.7 Å².